The number of fused-ring (bicyclic) bond motifs is 1. The van der Waals surface area contributed by atoms with E-state index in [4.69, 9.17) is 4.74 Å². The number of H-pyrrole nitrogens is 1. The molecule has 0 saturated carbocycles. The van der Waals surface area contributed by atoms with Crippen molar-refractivity contribution in [3.8, 4) is 5.75 Å². The molecule has 9 heteroatoms. The fourth-order valence-corrected chi connectivity index (χ4v) is 3.96. The van der Waals surface area contributed by atoms with E-state index in [0.717, 1.165) is 28.6 Å². The Bertz CT molecular complexity index is 1160. The Balaban J connectivity index is 1.56. The predicted octanol–water partition coefficient (Wildman–Crippen LogP) is 4.72. The summed E-state index contributed by atoms with van der Waals surface area (Å²) in [7, 11) is 0. The maximum atomic E-state index is 13.3. The molecule has 4 rings (SSSR count). The number of alkyl halides is 3. The van der Waals surface area contributed by atoms with Gasteiger partial charge in [-0.25, -0.2) is 0 Å². The Morgan fingerprint density at radius 3 is 2.78 bits per heavy atom. The van der Waals surface area contributed by atoms with Crippen LogP contribution in [-0.2, 0) is 22.3 Å². The van der Waals surface area contributed by atoms with Crippen molar-refractivity contribution < 1.29 is 27.5 Å². The summed E-state index contributed by atoms with van der Waals surface area (Å²) in [5, 5.41) is 3.49. The summed E-state index contributed by atoms with van der Waals surface area (Å²) in [6.07, 6.45) is -2.29. The van der Waals surface area contributed by atoms with Gasteiger partial charge >= 0.3 is 6.18 Å². The van der Waals surface area contributed by atoms with Crippen molar-refractivity contribution in [1.29, 1.82) is 0 Å². The maximum absolute atomic E-state index is 13.3. The number of likely N-dealkylation sites (tertiary alicyclic amines) is 1. The molecule has 2 amide bonds. The molecule has 1 aliphatic heterocycles. The van der Waals surface area contributed by atoms with Crippen molar-refractivity contribution in [2.45, 2.75) is 38.5 Å². The number of carbonyl (C=O) groups is 2. The SMILES string of the molecule is CCOc1cc(NC(=O)C2CCC(=O)N2Cc2c[nH]c3ccccc23)cc(C(F)(F)F)c1. The van der Waals surface area contributed by atoms with Gasteiger partial charge in [-0.05, 0) is 37.1 Å². The van der Waals surface area contributed by atoms with Crippen LogP contribution in [0.3, 0.4) is 0 Å². The summed E-state index contributed by atoms with van der Waals surface area (Å²) >= 11 is 0. The molecule has 6 nitrogen and oxygen atoms in total. The van der Waals surface area contributed by atoms with Crippen LogP contribution in [-0.4, -0.2) is 34.3 Å². The molecule has 0 spiro atoms. The van der Waals surface area contributed by atoms with Gasteiger partial charge in [0.1, 0.15) is 11.8 Å². The van der Waals surface area contributed by atoms with Crippen LogP contribution in [0.2, 0.25) is 0 Å². The molecular weight excluding hydrogens is 423 g/mol. The van der Waals surface area contributed by atoms with Crippen molar-refractivity contribution in [1.82, 2.24) is 9.88 Å². The number of hydrogen-bond donors (Lipinski definition) is 2. The van der Waals surface area contributed by atoms with Crippen molar-refractivity contribution in [3.63, 3.8) is 0 Å². The molecular formula is C23H22F3N3O3. The quantitative estimate of drug-likeness (QED) is 0.577. The van der Waals surface area contributed by atoms with Crippen molar-refractivity contribution in [2.24, 2.45) is 0 Å². The highest BCUT2D eigenvalue weighted by molar-refractivity contribution is 5.99. The molecule has 1 aliphatic rings. The van der Waals surface area contributed by atoms with Gasteiger partial charge in [0.2, 0.25) is 11.8 Å². The maximum Gasteiger partial charge on any atom is 0.416 e. The highest BCUT2D eigenvalue weighted by atomic mass is 19.4. The van der Waals surface area contributed by atoms with Gasteiger partial charge in [-0.3, -0.25) is 9.59 Å². The summed E-state index contributed by atoms with van der Waals surface area (Å²) < 4.78 is 45.0. The minimum absolute atomic E-state index is 0.00997. The highest BCUT2D eigenvalue weighted by Gasteiger charge is 2.37. The number of hydrogen-bond acceptors (Lipinski definition) is 3. The number of nitrogens with one attached hydrogen (secondary N) is 2. The molecule has 2 N–H and O–H groups in total. The van der Waals surface area contributed by atoms with Crippen LogP contribution in [0.1, 0.15) is 30.9 Å². The zero-order valence-electron chi connectivity index (χ0n) is 17.3. The van der Waals surface area contributed by atoms with Gasteiger partial charge in [0.15, 0.2) is 0 Å². The van der Waals surface area contributed by atoms with Crippen LogP contribution in [0.5, 0.6) is 5.75 Å². The van der Waals surface area contributed by atoms with E-state index in [-0.39, 0.29) is 36.9 Å². The van der Waals surface area contributed by atoms with E-state index in [1.54, 1.807) is 13.1 Å². The third kappa shape index (κ3) is 4.42. The van der Waals surface area contributed by atoms with E-state index in [0.29, 0.717) is 6.42 Å². The summed E-state index contributed by atoms with van der Waals surface area (Å²) in [5.74, 6) is -0.692. The first-order valence-electron chi connectivity index (χ1n) is 10.3. The molecule has 2 heterocycles. The topological polar surface area (TPSA) is 74.4 Å². The molecule has 0 radical (unpaired) electrons. The lowest BCUT2D eigenvalue weighted by Crippen LogP contribution is -2.41. The van der Waals surface area contributed by atoms with Crippen LogP contribution in [0.15, 0.2) is 48.7 Å². The number of anilines is 1. The zero-order chi connectivity index (χ0) is 22.9. The number of benzene rings is 2. The minimum Gasteiger partial charge on any atom is -0.494 e. The molecule has 1 fully saturated rings. The van der Waals surface area contributed by atoms with E-state index in [1.807, 2.05) is 24.3 Å². The van der Waals surface area contributed by atoms with Gasteiger partial charge in [-0.2, -0.15) is 13.2 Å². The van der Waals surface area contributed by atoms with Gasteiger partial charge in [0.25, 0.3) is 0 Å². The Morgan fingerprint density at radius 1 is 1.25 bits per heavy atom. The second kappa shape index (κ2) is 8.57. The summed E-state index contributed by atoms with van der Waals surface area (Å²) in [6, 6.07) is 9.94. The number of ether oxygens (including phenoxy) is 1. The Morgan fingerprint density at radius 2 is 2.03 bits per heavy atom. The standard InChI is InChI=1S/C23H22F3N3O3/c1-2-32-17-10-15(23(24,25)26)9-16(11-17)28-22(31)20-7-8-21(30)29(20)13-14-12-27-19-6-4-3-5-18(14)19/h3-6,9-12,20,27H,2,7-8,13H2,1H3,(H,28,31). The predicted molar refractivity (Wildman–Crippen MR) is 113 cm³/mol. The van der Waals surface area contributed by atoms with Gasteiger partial charge in [0, 0.05) is 41.8 Å². The number of amides is 2. The highest BCUT2D eigenvalue weighted by Crippen LogP contribution is 2.34. The first-order chi connectivity index (χ1) is 15.3. The molecule has 0 bridgehead atoms. The molecule has 1 unspecified atom stereocenters. The third-order valence-corrected chi connectivity index (χ3v) is 5.46. The second-order valence-electron chi connectivity index (χ2n) is 7.60. The van der Waals surface area contributed by atoms with Crippen LogP contribution >= 0.6 is 0 Å². The smallest absolute Gasteiger partial charge is 0.416 e. The average molecular weight is 445 g/mol. The average Bonchev–Trinajstić information content (AvgIpc) is 3.32. The Hall–Kier alpha value is -3.49. The lowest BCUT2D eigenvalue weighted by Gasteiger charge is -2.24. The number of aromatic amines is 1. The largest absolute Gasteiger partial charge is 0.494 e. The van der Waals surface area contributed by atoms with E-state index >= 15 is 0 Å². The van der Waals surface area contributed by atoms with E-state index in [9.17, 15) is 22.8 Å². The molecule has 3 aromatic rings. The molecule has 168 valence electrons. The van der Waals surface area contributed by atoms with E-state index in [2.05, 4.69) is 10.3 Å². The summed E-state index contributed by atoms with van der Waals surface area (Å²) in [5.41, 5.74) is 0.838. The molecule has 0 aliphatic carbocycles. The first-order valence-corrected chi connectivity index (χ1v) is 10.3. The van der Waals surface area contributed by atoms with Gasteiger partial charge < -0.3 is 19.9 Å². The van der Waals surface area contributed by atoms with Crippen LogP contribution in [0, 0.1) is 0 Å². The van der Waals surface area contributed by atoms with E-state index in [1.165, 1.54) is 11.0 Å². The van der Waals surface area contributed by atoms with Crippen molar-refractivity contribution >= 4 is 28.4 Å². The van der Waals surface area contributed by atoms with Crippen molar-refractivity contribution in [3.05, 3.63) is 59.8 Å². The summed E-state index contributed by atoms with van der Waals surface area (Å²) in [6.45, 7) is 2.07. The number of rotatable bonds is 6. The first kappa shape index (κ1) is 21.7. The van der Waals surface area contributed by atoms with Crippen LogP contribution in [0.4, 0.5) is 18.9 Å². The molecule has 1 aromatic heterocycles. The monoisotopic (exact) mass is 445 g/mol. The van der Waals surface area contributed by atoms with Gasteiger partial charge in [0.05, 0.1) is 12.2 Å². The lowest BCUT2D eigenvalue weighted by atomic mass is 10.1. The second-order valence-corrected chi connectivity index (χ2v) is 7.60. The number of carbonyl (C=O) groups excluding carboxylic acids is 2. The molecule has 1 atom stereocenters. The molecule has 32 heavy (non-hydrogen) atoms. The Labute approximate surface area is 182 Å². The number of nitrogens with zero attached hydrogens (tertiary/aromatic N) is 1. The van der Waals surface area contributed by atoms with Crippen LogP contribution < -0.4 is 10.1 Å². The minimum atomic E-state index is -4.59. The van der Waals surface area contributed by atoms with Gasteiger partial charge in [-0.15, -0.1) is 0 Å². The van der Waals surface area contributed by atoms with Gasteiger partial charge in [-0.1, -0.05) is 18.2 Å². The van der Waals surface area contributed by atoms with Crippen LogP contribution in [0.25, 0.3) is 10.9 Å². The number of para-hydroxylation sites is 1. The normalized spacial score (nSPS) is 16.6. The molecule has 2 aromatic carbocycles. The fourth-order valence-electron chi connectivity index (χ4n) is 3.96. The third-order valence-electron chi connectivity index (χ3n) is 5.46. The number of aromatic nitrogens is 1. The zero-order valence-corrected chi connectivity index (χ0v) is 17.3. The summed E-state index contributed by atoms with van der Waals surface area (Å²) in [4.78, 5) is 30.1. The Kier molecular flexibility index (Phi) is 5.82. The van der Waals surface area contributed by atoms with E-state index < -0.39 is 23.7 Å². The van der Waals surface area contributed by atoms with Crippen molar-refractivity contribution in [2.75, 3.05) is 11.9 Å². The molecule has 1 saturated heterocycles. The lowest BCUT2D eigenvalue weighted by molar-refractivity contribution is -0.137. The fraction of sp³-hybridized carbons (Fsp3) is 0.304. The number of halogens is 3.